The Balaban J connectivity index is 1.69. The van der Waals surface area contributed by atoms with Crippen molar-refractivity contribution in [2.45, 2.75) is 30.3 Å². The van der Waals surface area contributed by atoms with E-state index in [-0.39, 0.29) is 30.3 Å². The molecule has 1 heterocycles. The predicted octanol–water partition coefficient (Wildman–Crippen LogP) is 1.31. The van der Waals surface area contributed by atoms with Gasteiger partial charge in [0.05, 0.1) is 11.4 Å². The third-order valence-corrected chi connectivity index (χ3v) is 7.40. The van der Waals surface area contributed by atoms with E-state index in [1.165, 1.54) is 33.9 Å². The van der Waals surface area contributed by atoms with Crippen LogP contribution >= 0.6 is 11.6 Å². The molecule has 0 spiro atoms. The summed E-state index contributed by atoms with van der Waals surface area (Å²) in [6.45, 7) is 1.69. The van der Waals surface area contributed by atoms with Crippen molar-refractivity contribution in [2.24, 2.45) is 0 Å². The molecule has 1 N–H and O–H groups in total. The largest absolute Gasteiger partial charge is 0.347 e. The molecule has 33 heavy (non-hydrogen) atoms. The molecule has 1 saturated heterocycles. The van der Waals surface area contributed by atoms with Crippen LogP contribution in [0.5, 0.6) is 0 Å². The minimum Gasteiger partial charge on any atom is -0.347 e. The quantitative estimate of drug-likeness (QED) is 0.624. The number of hydrogen-bond acceptors (Lipinski definition) is 5. The van der Waals surface area contributed by atoms with E-state index in [1.54, 1.807) is 45.3 Å². The summed E-state index contributed by atoms with van der Waals surface area (Å²) in [6, 6.07) is 7.98. The highest BCUT2D eigenvalue weighted by molar-refractivity contribution is 7.89. The average molecular weight is 495 g/mol. The van der Waals surface area contributed by atoms with Crippen LogP contribution in [0.4, 0.5) is 0 Å². The lowest BCUT2D eigenvalue weighted by molar-refractivity contribution is -0.145. The maximum Gasteiger partial charge on any atom is 0.245 e. The van der Waals surface area contributed by atoms with Crippen LogP contribution in [0.15, 0.2) is 41.3 Å². The van der Waals surface area contributed by atoms with Gasteiger partial charge < -0.3 is 14.7 Å². The normalized spacial score (nSPS) is 17.3. The van der Waals surface area contributed by atoms with Crippen molar-refractivity contribution in [1.82, 2.24) is 19.4 Å². The van der Waals surface area contributed by atoms with E-state index >= 15 is 0 Å². The zero-order valence-corrected chi connectivity index (χ0v) is 20.5. The first kappa shape index (κ1) is 24.9. The molecular formula is C22H27ClN4O5S. The lowest BCUT2D eigenvalue weighted by atomic mass is 10.1. The Morgan fingerprint density at radius 2 is 1.79 bits per heavy atom. The number of carbonyl (C=O) groups excluding carboxylic acids is 3. The van der Waals surface area contributed by atoms with Crippen LogP contribution in [0.3, 0.4) is 0 Å². The first-order valence-corrected chi connectivity index (χ1v) is 12.2. The van der Waals surface area contributed by atoms with Crippen molar-refractivity contribution in [1.29, 1.82) is 0 Å². The van der Waals surface area contributed by atoms with E-state index in [1.807, 2.05) is 0 Å². The number of likely N-dealkylation sites (N-methyl/N-ethyl adjacent to an activating group) is 2. The molecule has 2 atom stereocenters. The zero-order chi connectivity index (χ0) is 24.5. The lowest BCUT2D eigenvalue weighted by Gasteiger charge is -2.28. The fourth-order valence-electron chi connectivity index (χ4n) is 3.69. The molecular weight excluding hydrogens is 468 g/mol. The Hall–Kier alpha value is -2.69. The first-order valence-electron chi connectivity index (χ1n) is 10.4. The van der Waals surface area contributed by atoms with Crippen molar-refractivity contribution >= 4 is 50.1 Å². The number of likely N-dealkylation sites (tertiary alicyclic amines) is 1. The maximum absolute atomic E-state index is 12.9. The minimum absolute atomic E-state index is 0.0367. The van der Waals surface area contributed by atoms with E-state index in [0.29, 0.717) is 10.4 Å². The summed E-state index contributed by atoms with van der Waals surface area (Å²) in [6.07, 6.45) is 0.235. The summed E-state index contributed by atoms with van der Waals surface area (Å²) in [5, 5.41) is 2.05. The number of rotatable bonds is 7. The second-order valence-electron chi connectivity index (χ2n) is 8.31. The number of benzene rings is 2. The number of carbonyl (C=O) groups is 3. The fourth-order valence-corrected chi connectivity index (χ4v) is 5.13. The second-order valence-corrected chi connectivity index (χ2v) is 10.5. The standard InChI is InChI=1S/C22H27ClN4O5S/c1-14(21(29)26(4)13-20(28)25(2)3)27-10-9-19(22(27)30)24-33(31,32)18-8-6-15-11-17(23)7-5-16(15)12-18/h5-8,11-12,14,19,24H,9-10,13H2,1-4H3/t14-,19-/m0/s1. The van der Waals surface area contributed by atoms with Crippen LogP contribution in [-0.4, -0.2) is 87.2 Å². The molecule has 0 bridgehead atoms. The maximum atomic E-state index is 12.9. The molecule has 1 aliphatic rings. The van der Waals surface area contributed by atoms with Crippen LogP contribution in [0.1, 0.15) is 13.3 Å². The number of fused-ring (bicyclic) bond motifs is 1. The molecule has 0 unspecified atom stereocenters. The Kier molecular flexibility index (Phi) is 7.30. The van der Waals surface area contributed by atoms with Gasteiger partial charge in [0.15, 0.2) is 0 Å². The smallest absolute Gasteiger partial charge is 0.245 e. The molecule has 0 aromatic heterocycles. The summed E-state index contributed by atoms with van der Waals surface area (Å²) in [5.41, 5.74) is 0. The Labute approximate surface area is 198 Å². The van der Waals surface area contributed by atoms with Crippen LogP contribution in [0.25, 0.3) is 10.8 Å². The summed E-state index contributed by atoms with van der Waals surface area (Å²) in [5.74, 6) is -1.11. The molecule has 1 aliphatic heterocycles. The van der Waals surface area contributed by atoms with Gasteiger partial charge in [0.2, 0.25) is 27.7 Å². The molecule has 2 aromatic rings. The van der Waals surface area contributed by atoms with Gasteiger partial charge in [0, 0.05) is 32.7 Å². The van der Waals surface area contributed by atoms with E-state index in [0.717, 1.165) is 5.39 Å². The molecule has 3 rings (SSSR count). The van der Waals surface area contributed by atoms with Crippen molar-refractivity contribution in [3.8, 4) is 0 Å². The summed E-state index contributed by atoms with van der Waals surface area (Å²) in [4.78, 5) is 41.5. The van der Waals surface area contributed by atoms with Crippen LogP contribution < -0.4 is 4.72 Å². The van der Waals surface area contributed by atoms with Crippen molar-refractivity contribution in [3.63, 3.8) is 0 Å². The molecule has 3 amide bonds. The summed E-state index contributed by atoms with van der Waals surface area (Å²) < 4.78 is 28.3. The van der Waals surface area contributed by atoms with Gasteiger partial charge in [-0.15, -0.1) is 0 Å². The highest BCUT2D eigenvalue weighted by Gasteiger charge is 2.39. The van der Waals surface area contributed by atoms with Gasteiger partial charge in [0.1, 0.15) is 12.1 Å². The monoisotopic (exact) mass is 494 g/mol. The van der Waals surface area contributed by atoms with Crippen molar-refractivity contribution in [3.05, 3.63) is 41.4 Å². The summed E-state index contributed by atoms with van der Waals surface area (Å²) >= 11 is 5.98. The molecule has 0 aliphatic carbocycles. The third kappa shape index (κ3) is 5.45. The van der Waals surface area contributed by atoms with Crippen LogP contribution in [0.2, 0.25) is 5.02 Å². The molecule has 9 nitrogen and oxygen atoms in total. The number of nitrogens with one attached hydrogen (secondary N) is 1. The van der Waals surface area contributed by atoms with Gasteiger partial charge >= 0.3 is 0 Å². The number of nitrogens with zero attached hydrogens (tertiary/aromatic N) is 3. The predicted molar refractivity (Wildman–Crippen MR) is 125 cm³/mol. The van der Waals surface area contributed by atoms with Gasteiger partial charge in [-0.25, -0.2) is 8.42 Å². The number of hydrogen-bond donors (Lipinski definition) is 1. The van der Waals surface area contributed by atoms with Crippen molar-refractivity contribution < 1.29 is 22.8 Å². The van der Waals surface area contributed by atoms with Crippen molar-refractivity contribution in [2.75, 3.05) is 34.2 Å². The highest BCUT2D eigenvalue weighted by atomic mass is 35.5. The van der Waals surface area contributed by atoms with Crippen LogP contribution in [-0.2, 0) is 24.4 Å². The number of sulfonamides is 1. The molecule has 11 heteroatoms. The molecule has 0 saturated carbocycles. The topological polar surface area (TPSA) is 107 Å². The zero-order valence-electron chi connectivity index (χ0n) is 18.9. The van der Waals surface area contributed by atoms with Gasteiger partial charge in [-0.05, 0) is 48.4 Å². The van der Waals surface area contributed by atoms with Gasteiger partial charge in [-0.1, -0.05) is 23.7 Å². The minimum atomic E-state index is -3.97. The second kappa shape index (κ2) is 9.66. The van der Waals surface area contributed by atoms with Gasteiger partial charge in [-0.3, -0.25) is 14.4 Å². The van der Waals surface area contributed by atoms with E-state index in [4.69, 9.17) is 11.6 Å². The first-order chi connectivity index (χ1) is 15.4. The number of halogens is 1. The lowest BCUT2D eigenvalue weighted by Crippen LogP contribution is -2.50. The average Bonchev–Trinajstić information content (AvgIpc) is 3.11. The molecule has 2 aromatic carbocycles. The molecule has 0 radical (unpaired) electrons. The van der Waals surface area contributed by atoms with Crippen LogP contribution in [0, 0.1) is 0 Å². The number of amides is 3. The van der Waals surface area contributed by atoms with E-state index in [9.17, 15) is 22.8 Å². The third-order valence-electron chi connectivity index (χ3n) is 5.69. The Morgan fingerprint density at radius 3 is 2.45 bits per heavy atom. The Morgan fingerprint density at radius 1 is 1.15 bits per heavy atom. The van der Waals surface area contributed by atoms with Gasteiger partial charge in [0.25, 0.3) is 0 Å². The molecule has 1 fully saturated rings. The highest BCUT2D eigenvalue weighted by Crippen LogP contribution is 2.24. The van der Waals surface area contributed by atoms with Gasteiger partial charge in [-0.2, -0.15) is 4.72 Å². The van der Waals surface area contributed by atoms with E-state index in [2.05, 4.69) is 4.72 Å². The molecule has 178 valence electrons. The SMILES string of the molecule is C[C@@H](C(=O)N(C)CC(=O)N(C)C)N1CC[C@H](NS(=O)(=O)c2ccc3cc(Cl)ccc3c2)C1=O. The fraction of sp³-hybridized carbons (Fsp3) is 0.409. The summed E-state index contributed by atoms with van der Waals surface area (Å²) in [7, 11) is 0.714. The van der Waals surface area contributed by atoms with E-state index < -0.39 is 33.9 Å². The Bertz CT molecular complexity index is 1200.